The lowest BCUT2D eigenvalue weighted by Gasteiger charge is -2.30. The molecule has 0 aliphatic rings. The molecule has 0 aliphatic heterocycles. The maximum absolute atomic E-state index is 12.6. The molecule has 0 spiro atoms. The van der Waals surface area contributed by atoms with Crippen molar-refractivity contribution >= 4 is 21.0 Å². The summed E-state index contributed by atoms with van der Waals surface area (Å²) in [5.41, 5.74) is 4.93. The normalized spacial score (nSPS) is 15.0. The van der Waals surface area contributed by atoms with Crippen molar-refractivity contribution in [3.05, 3.63) is 40.8 Å². The SMILES string of the molecule is CC(C)CC(C)(CN)NS(=O)(=O)c1ccc2oc(=O)ccc2c1. The zero-order chi connectivity index (χ0) is 17.3. The van der Waals surface area contributed by atoms with E-state index in [1.165, 1.54) is 30.3 Å². The van der Waals surface area contributed by atoms with Crippen LogP contribution < -0.4 is 16.1 Å². The Morgan fingerprint density at radius 1 is 1.26 bits per heavy atom. The maximum atomic E-state index is 12.6. The van der Waals surface area contributed by atoms with Crippen LogP contribution in [0.15, 0.2) is 44.4 Å². The predicted molar refractivity (Wildman–Crippen MR) is 89.7 cm³/mol. The molecule has 0 bridgehead atoms. The molecule has 0 fully saturated rings. The summed E-state index contributed by atoms with van der Waals surface area (Å²) in [5.74, 6) is 0.303. The monoisotopic (exact) mass is 338 g/mol. The summed E-state index contributed by atoms with van der Waals surface area (Å²) in [6, 6.07) is 7.17. The lowest BCUT2D eigenvalue weighted by molar-refractivity contribution is 0.344. The molecule has 2 aromatic rings. The Morgan fingerprint density at radius 2 is 1.96 bits per heavy atom. The van der Waals surface area contributed by atoms with Crippen LogP contribution in [0.3, 0.4) is 0 Å². The molecule has 23 heavy (non-hydrogen) atoms. The van der Waals surface area contributed by atoms with Gasteiger partial charge in [0.25, 0.3) is 0 Å². The summed E-state index contributed by atoms with van der Waals surface area (Å²) in [4.78, 5) is 11.3. The maximum Gasteiger partial charge on any atom is 0.336 e. The van der Waals surface area contributed by atoms with Crippen LogP contribution in [0.25, 0.3) is 11.0 Å². The number of sulfonamides is 1. The fourth-order valence-electron chi connectivity index (χ4n) is 2.67. The quantitative estimate of drug-likeness (QED) is 0.782. The molecule has 0 radical (unpaired) electrons. The van der Waals surface area contributed by atoms with Gasteiger partial charge in [-0.1, -0.05) is 13.8 Å². The van der Waals surface area contributed by atoms with Gasteiger partial charge >= 0.3 is 5.63 Å². The number of nitrogens with one attached hydrogen (secondary N) is 1. The van der Waals surface area contributed by atoms with Crippen LogP contribution in [0.4, 0.5) is 0 Å². The van der Waals surface area contributed by atoms with Crippen molar-refractivity contribution in [1.82, 2.24) is 4.72 Å². The highest BCUT2D eigenvalue weighted by Gasteiger charge is 2.30. The molecule has 3 N–H and O–H groups in total. The molecule has 0 saturated carbocycles. The Hall–Kier alpha value is -1.70. The van der Waals surface area contributed by atoms with Crippen LogP contribution in [-0.2, 0) is 10.0 Å². The molecular weight excluding hydrogens is 316 g/mol. The fraction of sp³-hybridized carbons (Fsp3) is 0.438. The number of fused-ring (bicyclic) bond motifs is 1. The van der Waals surface area contributed by atoms with Gasteiger partial charge in [-0.2, -0.15) is 0 Å². The van der Waals surface area contributed by atoms with Gasteiger partial charge in [-0.05, 0) is 43.5 Å². The summed E-state index contributed by atoms with van der Waals surface area (Å²) in [5, 5.41) is 0.547. The Labute approximate surface area is 135 Å². The van der Waals surface area contributed by atoms with Crippen molar-refractivity contribution < 1.29 is 12.8 Å². The fourth-order valence-corrected chi connectivity index (χ4v) is 4.13. The Morgan fingerprint density at radius 3 is 2.57 bits per heavy atom. The van der Waals surface area contributed by atoms with Crippen molar-refractivity contribution in [3.63, 3.8) is 0 Å². The predicted octanol–water partition coefficient (Wildman–Crippen LogP) is 1.83. The topological polar surface area (TPSA) is 102 Å². The second-order valence-electron chi connectivity index (χ2n) is 6.42. The van der Waals surface area contributed by atoms with E-state index in [1.807, 2.05) is 13.8 Å². The summed E-state index contributed by atoms with van der Waals surface area (Å²) in [6.07, 6.45) is 0.630. The third-order valence-electron chi connectivity index (χ3n) is 3.59. The molecule has 0 amide bonds. The Bertz CT molecular complexity index is 858. The summed E-state index contributed by atoms with van der Waals surface area (Å²) in [7, 11) is -3.73. The minimum Gasteiger partial charge on any atom is -0.423 e. The van der Waals surface area contributed by atoms with Crippen molar-refractivity contribution in [2.75, 3.05) is 6.54 Å². The van der Waals surface area contributed by atoms with E-state index in [0.717, 1.165) is 0 Å². The van der Waals surface area contributed by atoms with Gasteiger partial charge in [0.15, 0.2) is 0 Å². The highest BCUT2D eigenvalue weighted by atomic mass is 32.2. The molecule has 126 valence electrons. The number of hydrogen-bond acceptors (Lipinski definition) is 5. The number of hydrogen-bond donors (Lipinski definition) is 2. The summed E-state index contributed by atoms with van der Waals surface area (Å²) < 4.78 is 33.0. The second kappa shape index (κ2) is 6.43. The first-order valence-electron chi connectivity index (χ1n) is 7.43. The third kappa shape index (κ3) is 4.19. The lowest BCUT2D eigenvalue weighted by atomic mass is 9.92. The summed E-state index contributed by atoms with van der Waals surface area (Å²) in [6.45, 7) is 6.03. The van der Waals surface area contributed by atoms with Gasteiger partial charge in [0.2, 0.25) is 10.0 Å². The average molecular weight is 338 g/mol. The van der Waals surface area contributed by atoms with Crippen LogP contribution in [-0.4, -0.2) is 20.5 Å². The molecular formula is C16H22N2O4S. The first-order valence-corrected chi connectivity index (χ1v) is 8.91. The van der Waals surface area contributed by atoms with Gasteiger partial charge < -0.3 is 10.2 Å². The van der Waals surface area contributed by atoms with Crippen molar-refractivity contribution in [2.24, 2.45) is 11.7 Å². The van der Waals surface area contributed by atoms with Gasteiger partial charge in [-0.3, -0.25) is 0 Å². The van der Waals surface area contributed by atoms with Gasteiger partial charge in [0.1, 0.15) is 5.58 Å². The molecule has 1 aromatic heterocycles. The zero-order valence-corrected chi connectivity index (χ0v) is 14.3. The molecule has 7 heteroatoms. The van der Waals surface area contributed by atoms with Crippen molar-refractivity contribution in [1.29, 1.82) is 0 Å². The van der Waals surface area contributed by atoms with Crippen LogP contribution in [0.5, 0.6) is 0 Å². The average Bonchev–Trinajstić information content (AvgIpc) is 2.45. The molecule has 0 saturated heterocycles. The highest BCUT2D eigenvalue weighted by molar-refractivity contribution is 7.89. The molecule has 1 aromatic carbocycles. The minimum atomic E-state index is -3.73. The van der Waals surface area contributed by atoms with Crippen LogP contribution in [0.1, 0.15) is 27.2 Å². The molecule has 1 unspecified atom stereocenters. The van der Waals surface area contributed by atoms with E-state index in [1.54, 1.807) is 6.92 Å². The lowest BCUT2D eigenvalue weighted by Crippen LogP contribution is -2.51. The van der Waals surface area contributed by atoms with E-state index in [0.29, 0.717) is 23.3 Å². The largest absolute Gasteiger partial charge is 0.423 e. The van der Waals surface area contributed by atoms with Gasteiger partial charge in [-0.15, -0.1) is 0 Å². The second-order valence-corrected chi connectivity index (χ2v) is 8.10. The Kier molecular flexibility index (Phi) is 4.93. The zero-order valence-electron chi connectivity index (χ0n) is 13.5. The number of rotatable bonds is 6. The van der Waals surface area contributed by atoms with E-state index >= 15 is 0 Å². The Balaban J connectivity index is 2.39. The van der Waals surface area contributed by atoms with Gasteiger partial charge in [0, 0.05) is 23.5 Å². The highest BCUT2D eigenvalue weighted by Crippen LogP contribution is 2.22. The van der Waals surface area contributed by atoms with Crippen LogP contribution in [0, 0.1) is 5.92 Å². The van der Waals surface area contributed by atoms with E-state index in [-0.39, 0.29) is 11.4 Å². The molecule has 0 aliphatic carbocycles. The van der Waals surface area contributed by atoms with E-state index < -0.39 is 21.2 Å². The van der Waals surface area contributed by atoms with Crippen molar-refractivity contribution in [2.45, 2.75) is 37.6 Å². The molecule has 6 nitrogen and oxygen atoms in total. The standard InChI is InChI=1S/C16H22N2O4S/c1-11(2)9-16(3,10-17)18-23(20,21)13-5-6-14-12(8-13)4-7-15(19)22-14/h4-8,11,18H,9-10,17H2,1-3H3. The van der Waals surface area contributed by atoms with E-state index in [2.05, 4.69) is 4.72 Å². The molecule has 1 heterocycles. The van der Waals surface area contributed by atoms with Gasteiger partial charge in [0.05, 0.1) is 4.90 Å². The first-order chi connectivity index (χ1) is 10.6. The van der Waals surface area contributed by atoms with Crippen molar-refractivity contribution in [3.8, 4) is 0 Å². The molecule has 2 rings (SSSR count). The number of benzene rings is 1. The third-order valence-corrected chi connectivity index (χ3v) is 5.23. The smallest absolute Gasteiger partial charge is 0.336 e. The van der Waals surface area contributed by atoms with Gasteiger partial charge in [-0.25, -0.2) is 17.9 Å². The minimum absolute atomic E-state index is 0.113. The molecule has 1 atom stereocenters. The summed E-state index contributed by atoms with van der Waals surface area (Å²) >= 11 is 0. The van der Waals surface area contributed by atoms with E-state index in [4.69, 9.17) is 10.2 Å². The van der Waals surface area contributed by atoms with Crippen LogP contribution >= 0.6 is 0 Å². The number of nitrogens with two attached hydrogens (primary N) is 1. The van der Waals surface area contributed by atoms with Crippen LogP contribution in [0.2, 0.25) is 0 Å². The first kappa shape index (κ1) is 17.7. The van der Waals surface area contributed by atoms with E-state index in [9.17, 15) is 13.2 Å².